The lowest BCUT2D eigenvalue weighted by atomic mass is 9.49. The predicted octanol–water partition coefficient (Wildman–Crippen LogP) is 6.16. The minimum Gasteiger partial charge on any atom is -0.362 e. The van der Waals surface area contributed by atoms with Crippen molar-refractivity contribution < 1.29 is 0 Å². The first-order chi connectivity index (χ1) is 15.6. The van der Waals surface area contributed by atoms with Gasteiger partial charge in [-0.3, -0.25) is 0 Å². The summed E-state index contributed by atoms with van der Waals surface area (Å²) in [5, 5.41) is 8.26. The monoisotopic (exact) mass is 469 g/mol. The van der Waals surface area contributed by atoms with Crippen LogP contribution in [0, 0.1) is 11.3 Å². The third-order valence-electron chi connectivity index (χ3n) is 9.53. The molecule has 0 spiro atoms. The van der Waals surface area contributed by atoms with Gasteiger partial charge in [0.1, 0.15) is 0 Å². The van der Waals surface area contributed by atoms with Crippen molar-refractivity contribution in [2.45, 2.75) is 109 Å². The van der Waals surface area contributed by atoms with Crippen LogP contribution in [0.5, 0.6) is 0 Å². The molecule has 0 aromatic heterocycles. The van der Waals surface area contributed by atoms with Gasteiger partial charge in [0.2, 0.25) is 0 Å². The quantitative estimate of drug-likeness (QED) is 0.505. The first-order valence-corrected chi connectivity index (χ1v) is 13.9. The highest BCUT2D eigenvalue weighted by molar-refractivity contribution is 7.80. The Balaban J connectivity index is 1.45. The van der Waals surface area contributed by atoms with Crippen molar-refractivity contribution in [1.82, 2.24) is 15.5 Å². The van der Waals surface area contributed by atoms with Gasteiger partial charge in [-0.15, -0.1) is 0 Å². The van der Waals surface area contributed by atoms with Crippen LogP contribution in [0.3, 0.4) is 0 Å². The van der Waals surface area contributed by atoms with E-state index in [1.165, 1.54) is 63.4 Å². The molecule has 3 aliphatic rings. The summed E-state index contributed by atoms with van der Waals surface area (Å²) in [6, 6.07) is 8.43. The maximum absolute atomic E-state index is 5.83. The molecule has 0 radical (unpaired) electrons. The second kappa shape index (κ2) is 9.85. The summed E-state index contributed by atoms with van der Waals surface area (Å²) in [4.78, 5) is 2.37. The number of aryl methyl sites for hydroxylation is 1. The van der Waals surface area contributed by atoms with Crippen LogP contribution in [-0.2, 0) is 11.8 Å². The van der Waals surface area contributed by atoms with Crippen LogP contribution in [0.1, 0.15) is 102 Å². The highest BCUT2D eigenvalue weighted by Gasteiger charge is 2.51. The van der Waals surface area contributed by atoms with Crippen LogP contribution < -0.4 is 10.6 Å². The van der Waals surface area contributed by atoms with Crippen molar-refractivity contribution >= 4 is 17.3 Å². The highest BCUT2D eigenvalue weighted by Crippen LogP contribution is 2.57. The molecular weight excluding hydrogens is 422 g/mol. The molecule has 0 bridgehead atoms. The van der Waals surface area contributed by atoms with Gasteiger partial charge in [-0.05, 0) is 104 Å². The molecule has 1 aromatic rings. The van der Waals surface area contributed by atoms with Crippen molar-refractivity contribution in [1.29, 1.82) is 0 Å². The van der Waals surface area contributed by atoms with E-state index in [0.29, 0.717) is 23.9 Å². The summed E-state index contributed by atoms with van der Waals surface area (Å²) in [6.45, 7) is 10.7. The maximum Gasteiger partial charge on any atom is 0.166 e. The summed E-state index contributed by atoms with van der Waals surface area (Å²) >= 11 is 5.83. The third kappa shape index (κ3) is 4.98. The SMILES string of the molecule is CC(C)c1ccc2c(c1)CC[C@H]1[C@](C)(CNC(=S)NC3CCCCC3N(C)C)CCC[C@]21C. The Morgan fingerprint density at radius 2 is 1.85 bits per heavy atom. The van der Waals surface area contributed by atoms with Crippen molar-refractivity contribution in [3.05, 3.63) is 34.9 Å². The zero-order valence-electron chi connectivity index (χ0n) is 22.0. The molecule has 0 heterocycles. The Hall–Kier alpha value is -1.13. The predicted molar refractivity (Wildman–Crippen MR) is 145 cm³/mol. The number of nitrogens with zero attached hydrogens (tertiary/aromatic N) is 1. The van der Waals surface area contributed by atoms with Crippen LogP contribution in [0.4, 0.5) is 0 Å². The molecule has 2 unspecified atom stereocenters. The van der Waals surface area contributed by atoms with Crippen LogP contribution in [0.25, 0.3) is 0 Å². The number of benzene rings is 1. The lowest BCUT2D eigenvalue weighted by molar-refractivity contribution is 0.0291. The molecular formula is C29H47N3S. The molecule has 4 heteroatoms. The second-order valence-corrected chi connectivity index (χ2v) is 12.7. The molecule has 33 heavy (non-hydrogen) atoms. The van der Waals surface area contributed by atoms with Gasteiger partial charge in [-0.2, -0.15) is 0 Å². The molecule has 184 valence electrons. The molecule has 0 aliphatic heterocycles. The number of nitrogens with one attached hydrogen (secondary N) is 2. The molecule has 0 amide bonds. The third-order valence-corrected chi connectivity index (χ3v) is 9.79. The van der Waals surface area contributed by atoms with Crippen LogP contribution in [0.15, 0.2) is 18.2 Å². The number of fused-ring (bicyclic) bond motifs is 3. The Morgan fingerprint density at radius 1 is 1.09 bits per heavy atom. The van der Waals surface area contributed by atoms with Crippen LogP contribution in [-0.4, -0.2) is 42.7 Å². The molecule has 3 aliphatic carbocycles. The largest absolute Gasteiger partial charge is 0.362 e. The first-order valence-electron chi connectivity index (χ1n) is 13.5. The highest BCUT2D eigenvalue weighted by atomic mass is 32.1. The smallest absolute Gasteiger partial charge is 0.166 e. The fourth-order valence-corrected chi connectivity index (χ4v) is 7.84. The molecule has 2 saturated carbocycles. The Kier molecular flexibility index (Phi) is 7.46. The molecule has 2 N–H and O–H groups in total. The molecule has 2 fully saturated rings. The van der Waals surface area contributed by atoms with Gasteiger partial charge in [-0.25, -0.2) is 0 Å². The Bertz CT molecular complexity index is 849. The first kappa shape index (κ1) is 25.0. The van der Waals surface area contributed by atoms with E-state index in [1.54, 1.807) is 11.1 Å². The van der Waals surface area contributed by atoms with Gasteiger partial charge >= 0.3 is 0 Å². The molecule has 3 nitrogen and oxygen atoms in total. The normalized spacial score (nSPS) is 34.0. The lowest BCUT2D eigenvalue weighted by Crippen LogP contribution is -2.56. The van der Waals surface area contributed by atoms with E-state index in [-0.39, 0.29) is 10.8 Å². The zero-order valence-corrected chi connectivity index (χ0v) is 22.8. The fourth-order valence-electron chi connectivity index (χ4n) is 7.61. The van der Waals surface area contributed by atoms with E-state index < -0.39 is 0 Å². The summed E-state index contributed by atoms with van der Waals surface area (Å²) < 4.78 is 0. The van der Waals surface area contributed by atoms with E-state index >= 15 is 0 Å². The number of hydrogen-bond donors (Lipinski definition) is 2. The number of hydrogen-bond acceptors (Lipinski definition) is 2. The summed E-state index contributed by atoms with van der Waals surface area (Å²) in [6.07, 6.45) is 11.6. The van der Waals surface area contributed by atoms with E-state index in [2.05, 4.69) is 75.5 Å². The van der Waals surface area contributed by atoms with Crippen molar-refractivity contribution in [3.63, 3.8) is 0 Å². The van der Waals surface area contributed by atoms with Crippen molar-refractivity contribution in [3.8, 4) is 0 Å². The minimum absolute atomic E-state index is 0.278. The van der Waals surface area contributed by atoms with Gasteiger partial charge in [0.15, 0.2) is 5.11 Å². The number of rotatable bonds is 5. The molecule has 0 saturated heterocycles. The average molecular weight is 470 g/mol. The standard InChI is InChI=1S/C29H47N3S/c1-20(2)21-12-14-23-22(18-21)13-15-26-28(3,16-9-17-29(23,26)4)19-30-27(33)31-24-10-7-8-11-25(24)32(5)6/h12,14,18,20,24-26H,7-11,13,15-17,19H2,1-6H3,(H2,30,31,33)/t24?,25?,26-,28-,29+/m0/s1. The van der Waals surface area contributed by atoms with Crippen LogP contribution in [0.2, 0.25) is 0 Å². The van der Waals surface area contributed by atoms with Gasteiger partial charge in [0.25, 0.3) is 0 Å². The summed E-state index contributed by atoms with van der Waals surface area (Å²) in [5.41, 5.74) is 5.30. The van der Waals surface area contributed by atoms with E-state index in [4.69, 9.17) is 12.2 Å². The Labute approximate surface area is 208 Å². The van der Waals surface area contributed by atoms with E-state index in [0.717, 1.165) is 11.7 Å². The second-order valence-electron chi connectivity index (χ2n) is 12.3. The Morgan fingerprint density at radius 3 is 2.58 bits per heavy atom. The maximum atomic E-state index is 5.83. The summed E-state index contributed by atoms with van der Waals surface area (Å²) in [7, 11) is 4.41. The van der Waals surface area contributed by atoms with Gasteiger partial charge < -0.3 is 15.5 Å². The van der Waals surface area contributed by atoms with E-state index in [1.807, 2.05) is 0 Å². The minimum atomic E-state index is 0.278. The number of likely N-dealkylation sites (N-methyl/N-ethyl adjacent to an activating group) is 1. The van der Waals surface area contributed by atoms with Gasteiger partial charge in [0.05, 0.1) is 0 Å². The van der Waals surface area contributed by atoms with Crippen molar-refractivity contribution in [2.24, 2.45) is 11.3 Å². The molecule has 5 atom stereocenters. The van der Waals surface area contributed by atoms with Crippen LogP contribution >= 0.6 is 12.2 Å². The summed E-state index contributed by atoms with van der Waals surface area (Å²) in [5.74, 6) is 1.31. The van der Waals surface area contributed by atoms with E-state index in [9.17, 15) is 0 Å². The van der Waals surface area contributed by atoms with Gasteiger partial charge in [0, 0.05) is 18.6 Å². The molecule has 1 aromatic carbocycles. The molecule has 4 rings (SSSR count). The zero-order chi connectivity index (χ0) is 23.8. The lowest BCUT2D eigenvalue weighted by Gasteiger charge is -2.55. The van der Waals surface area contributed by atoms with Crippen molar-refractivity contribution in [2.75, 3.05) is 20.6 Å². The topological polar surface area (TPSA) is 27.3 Å². The average Bonchev–Trinajstić information content (AvgIpc) is 2.77. The fraction of sp³-hybridized carbons (Fsp3) is 0.759. The number of thiocarbonyl (C=S) groups is 1. The van der Waals surface area contributed by atoms with Gasteiger partial charge in [-0.1, -0.05) is 65.2 Å².